The van der Waals surface area contributed by atoms with Crippen molar-refractivity contribution in [3.8, 4) is 0 Å². The predicted molar refractivity (Wildman–Crippen MR) is 167 cm³/mol. The van der Waals surface area contributed by atoms with Crippen molar-refractivity contribution in [3.63, 3.8) is 0 Å². The molecule has 1 unspecified atom stereocenters. The highest BCUT2D eigenvalue weighted by molar-refractivity contribution is 5.74. The first-order chi connectivity index (χ1) is 19.9. The summed E-state index contributed by atoms with van der Waals surface area (Å²) >= 11 is 0. The van der Waals surface area contributed by atoms with Gasteiger partial charge in [-0.1, -0.05) is 110 Å². The molecule has 0 aromatic heterocycles. The van der Waals surface area contributed by atoms with E-state index in [-0.39, 0.29) is 36.3 Å². The van der Waals surface area contributed by atoms with Crippen LogP contribution in [0.25, 0.3) is 0 Å². The van der Waals surface area contributed by atoms with Crippen molar-refractivity contribution in [1.82, 2.24) is 0 Å². The zero-order valence-electron chi connectivity index (χ0n) is 26.8. The van der Waals surface area contributed by atoms with Gasteiger partial charge in [-0.05, 0) is 64.2 Å². The molecule has 0 aliphatic carbocycles. The topological polar surface area (TPSA) is 96.2 Å². The summed E-state index contributed by atoms with van der Waals surface area (Å²) in [7, 11) is 0. The van der Waals surface area contributed by atoms with Gasteiger partial charge in [-0.3, -0.25) is 4.79 Å². The lowest BCUT2D eigenvalue weighted by Crippen LogP contribution is -2.31. The summed E-state index contributed by atoms with van der Waals surface area (Å²) in [5.41, 5.74) is 0. The molecule has 3 N–H and O–H groups in total. The van der Waals surface area contributed by atoms with E-state index in [1.165, 1.54) is 57.8 Å². The molecule has 2 aliphatic rings. The second-order valence-corrected chi connectivity index (χ2v) is 13.3. The molecule has 242 valence electrons. The largest absolute Gasteiger partial charge is 0.462 e. The molecule has 7 atom stereocenters. The number of hydrogen-bond acceptors (Lipinski definition) is 6. The first kappa shape index (κ1) is 36.5. The van der Waals surface area contributed by atoms with E-state index in [1.54, 1.807) is 0 Å². The smallest absolute Gasteiger partial charge is 0.309 e. The lowest BCUT2D eigenvalue weighted by Gasteiger charge is -2.22. The molecule has 2 aliphatic heterocycles. The maximum absolute atomic E-state index is 11.8. The van der Waals surface area contributed by atoms with Gasteiger partial charge >= 0.3 is 5.97 Å². The fourth-order valence-corrected chi connectivity index (χ4v) is 6.76. The van der Waals surface area contributed by atoms with Crippen LogP contribution >= 0.6 is 0 Å². The van der Waals surface area contributed by atoms with Crippen LogP contribution in [-0.4, -0.2) is 57.9 Å². The van der Waals surface area contributed by atoms with Crippen LogP contribution in [-0.2, 0) is 14.3 Å². The average Bonchev–Trinajstić information content (AvgIpc) is 3.59. The molecule has 6 heteroatoms. The van der Waals surface area contributed by atoms with Gasteiger partial charge < -0.3 is 24.8 Å². The molecular weight excluding hydrogens is 516 g/mol. The van der Waals surface area contributed by atoms with Crippen LogP contribution in [0.2, 0.25) is 0 Å². The number of carbonyl (C=O) groups excluding carboxylic acids is 1. The first-order valence-electron chi connectivity index (χ1n) is 17.8. The number of carbonyl (C=O) groups is 1. The third-order valence-electron chi connectivity index (χ3n) is 9.45. The fraction of sp³-hybridized carbons (Fsp3) is 0.971. The van der Waals surface area contributed by atoms with Crippen LogP contribution in [0.15, 0.2) is 0 Å². The SMILES string of the molecule is CCCCCCCCCCCC[C@H](O)[C@H]1CC[C@H]([C@H](O)CCCCC(O)CCCCC[C@H]2C[C@@H](CCC)C(=O)O2)O1. The van der Waals surface area contributed by atoms with Crippen molar-refractivity contribution in [3.05, 3.63) is 0 Å². The Balaban J connectivity index is 1.41. The third kappa shape index (κ3) is 16.1. The van der Waals surface area contributed by atoms with Gasteiger partial charge in [0.25, 0.3) is 0 Å². The molecule has 2 saturated heterocycles. The second kappa shape index (κ2) is 22.8. The van der Waals surface area contributed by atoms with Crippen molar-refractivity contribution >= 4 is 5.97 Å². The Bertz CT molecular complexity index is 642. The van der Waals surface area contributed by atoms with E-state index < -0.39 is 12.2 Å². The number of esters is 1. The molecule has 2 fully saturated rings. The number of ether oxygens (including phenoxy) is 2. The number of cyclic esters (lactones) is 1. The summed E-state index contributed by atoms with van der Waals surface area (Å²) in [6.45, 7) is 4.37. The molecule has 0 amide bonds. The summed E-state index contributed by atoms with van der Waals surface area (Å²) < 4.78 is 11.6. The molecule has 0 spiro atoms. The van der Waals surface area contributed by atoms with Crippen LogP contribution in [0.3, 0.4) is 0 Å². The zero-order chi connectivity index (χ0) is 29.7. The zero-order valence-corrected chi connectivity index (χ0v) is 26.8. The molecule has 6 nitrogen and oxygen atoms in total. The van der Waals surface area contributed by atoms with Gasteiger partial charge in [0.2, 0.25) is 0 Å². The third-order valence-corrected chi connectivity index (χ3v) is 9.45. The molecule has 0 aromatic rings. The highest BCUT2D eigenvalue weighted by atomic mass is 16.6. The van der Waals surface area contributed by atoms with Gasteiger partial charge in [-0.15, -0.1) is 0 Å². The predicted octanol–water partition coefficient (Wildman–Crippen LogP) is 8.17. The summed E-state index contributed by atoms with van der Waals surface area (Å²) in [5, 5.41) is 31.6. The molecule has 0 aromatic carbocycles. The van der Waals surface area contributed by atoms with Gasteiger partial charge in [0.15, 0.2) is 0 Å². The Morgan fingerprint density at radius 3 is 1.71 bits per heavy atom. The van der Waals surface area contributed by atoms with Crippen LogP contribution < -0.4 is 0 Å². The Kier molecular flexibility index (Phi) is 20.3. The minimum Gasteiger partial charge on any atom is -0.462 e. The Morgan fingerprint density at radius 2 is 1.12 bits per heavy atom. The molecule has 41 heavy (non-hydrogen) atoms. The quantitative estimate of drug-likeness (QED) is 0.0703. The Hall–Kier alpha value is -0.690. The van der Waals surface area contributed by atoms with Crippen molar-refractivity contribution in [1.29, 1.82) is 0 Å². The van der Waals surface area contributed by atoms with E-state index in [9.17, 15) is 20.1 Å². The van der Waals surface area contributed by atoms with Crippen molar-refractivity contribution in [2.24, 2.45) is 5.92 Å². The second-order valence-electron chi connectivity index (χ2n) is 13.3. The van der Waals surface area contributed by atoms with E-state index in [0.29, 0.717) is 6.42 Å². The average molecular weight is 583 g/mol. The van der Waals surface area contributed by atoms with E-state index in [0.717, 1.165) is 96.3 Å². The molecule has 0 bridgehead atoms. The minimum atomic E-state index is -0.483. The lowest BCUT2D eigenvalue weighted by molar-refractivity contribution is -0.144. The number of unbranched alkanes of at least 4 members (excludes halogenated alkanes) is 12. The van der Waals surface area contributed by atoms with Gasteiger partial charge in [0, 0.05) is 0 Å². The summed E-state index contributed by atoms with van der Waals surface area (Å²) in [5.74, 6) is 0.103. The molecular formula is C35H66O6. The molecule has 2 heterocycles. The Morgan fingerprint density at radius 1 is 0.634 bits per heavy atom. The molecule has 0 radical (unpaired) electrons. The van der Waals surface area contributed by atoms with Crippen LogP contribution in [0.1, 0.15) is 174 Å². The van der Waals surface area contributed by atoms with E-state index in [2.05, 4.69) is 13.8 Å². The Labute approximate surface area is 252 Å². The first-order valence-corrected chi connectivity index (χ1v) is 17.8. The standard InChI is InChI=1S/C35H66O6/c1-3-5-6-7-8-9-10-11-12-16-23-31(37)33-25-26-34(41-33)32(38)24-18-17-21-29(36)20-14-13-15-22-30-27-28(19-4-2)35(39)40-30/h28-34,36-38H,3-27H2,1-2H3/t28-,29?,30+,31+,32-,33-,34-/m1/s1. The van der Waals surface area contributed by atoms with Crippen molar-refractivity contribution < 1.29 is 29.6 Å². The normalized spacial score (nSPS) is 25.0. The van der Waals surface area contributed by atoms with Crippen LogP contribution in [0.4, 0.5) is 0 Å². The summed E-state index contributed by atoms with van der Waals surface area (Å²) in [6.07, 6.45) is 25.0. The van der Waals surface area contributed by atoms with Crippen molar-refractivity contribution in [2.45, 2.75) is 211 Å². The molecule has 2 rings (SSSR count). The summed E-state index contributed by atoms with van der Waals surface area (Å²) in [4.78, 5) is 11.8. The summed E-state index contributed by atoms with van der Waals surface area (Å²) in [6, 6.07) is 0. The maximum Gasteiger partial charge on any atom is 0.309 e. The lowest BCUT2D eigenvalue weighted by atomic mass is 9.97. The number of rotatable bonds is 26. The number of hydrogen-bond donors (Lipinski definition) is 3. The number of aliphatic hydroxyl groups is 3. The minimum absolute atomic E-state index is 0.00567. The fourth-order valence-electron chi connectivity index (χ4n) is 6.76. The van der Waals surface area contributed by atoms with Gasteiger partial charge in [-0.25, -0.2) is 0 Å². The van der Waals surface area contributed by atoms with Gasteiger partial charge in [0.05, 0.1) is 36.4 Å². The van der Waals surface area contributed by atoms with Gasteiger partial charge in [0.1, 0.15) is 6.10 Å². The van der Waals surface area contributed by atoms with Crippen molar-refractivity contribution in [2.75, 3.05) is 0 Å². The van der Waals surface area contributed by atoms with E-state index in [4.69, 9.17) is 9.47 Å². The number of aliphatic hydroxyl groups excluding tert-OH is 3. The highest BCUT2D eigenvalue weighted by Crippen LogP contribution is 2.30. The monoisotopic (exact) mass is 582 g/mol. The highest BCUT2D eigenvalue weighted by Gasteiger charge is 2.34. The van der Waals surface area contributed by atoms with Gasteiger partial charge in [-0.2, -0.15) is 0 Å². The molecule has 0 saturated carbocycles. The van der Waals surface area contributed by atoms with E-state index in [1.807, 2.05) is 0 Å². The maximum atomic E-state index is 11.8. The van der Waals surface area contributed by atoms with E-state index >= 15 is 0 Å². The van der Waals surface area contributed by atoms with Crippen LogP contribution in [0.5, 0.6) is 0 Å². The van der Waals surface area contributed by atoms with Crippen LogP contribution in [0, 0.1) is 5.92 Å².